The monoisotopic (exact) mass is 361 g/mol. The van der Waals surface area contributed by atoms with E-state index in [0.29, 0.717) is 6.42 Å². The van der Waals surface area contributed by atoms with Gasteiger partial charge in [0.2, 0.25) is 5.91 Å². The summed E-state index contributed by atoms with van der Waals surface area (Å²) < 4.78 is 11.5. The maximum absolute atomic E-state index is 13.1. The maximum atomic E-state index is 13.1. The fraction of sp³-hybridized carbons (Fsp3) is 0.579. The molecule has 0 radical (unpaired) electrons. The molecule has 1 saturated heterocycles. The fourth-order valence-electron chi connectivity index (χ4n) is 3.50. The first-order valence-corrected chi connectivity index (χ1v) is 11.7. The zero-order valence-electron chi connectivity index (χ0n) is 15.8. The Morgan fingerprint density at radius 3 is 2.48 bits per heavy atom. The summed E-state index contributed by atoms with van der Waals surface area (Å²) in [7, 11) is -0.820. The highest BCUT2D eigenvalue weighted by Crippen LogP contribution is 2.46. The van der Waals surface area contributed by atoms with Crippen LogP contribution in [0.3, 0.4) is 0 Å². The fourth-order valence-corrected chi connectivity index (χ4v) is 4.82. The number of carbonyl (C=O) groups excluding carboxylic acids is 2. The molecule has 3 rings (SSSR count). The molecule has 2 aliphatic rings. The van der Waals surface area contributed by atoms with Crippen molar-refractivity contribution in [2.75, 3.05) is 12.0 Å². The minimum Gasteiger partial charge on any atom is -0.468 e. The summed E-state index contributed by atoms with van der Waals surface area (Å²) in [6.45, 7) is 10.8. The Morgan fingerprint density at radius 2 is 1.88 bits per heavy atom. The molecule has 0 bridgehead atoms. The largest absolute Gasteiger partial charge is 0.468 e. The summed E-state index contributed by atoms with van der Waals surface area (Å²) in [5.74, 6) is -1.58. The third kappa shape index (κ3) is 2.81. The molecule has 0 aromatic heterocycles. The van der Waals surface area contributed by atoms with Crippen molar-refractivity contribution in [2.24, 2.45) is 5.92 Å². The van der Waals surface area contributed by atoms with Crippen LogP contribution in [0.1, 0.15) is 26.3 Å². The molecule has 5 nitrogen and oxygen atoms in total. The Kier molecular flexibility index (Phi) is 4.32. The van der Waals surface area contributed by atoms with Gasteiger partial charge in [-0.15, -0.1) is 0 Å². The highest BCUT2D eigenvalue weighted by atomic mass is 28.4. The van der Waals surface area contributed by atoms with Crippen LogP contribution in [0.4, 0.5) is 5.69 Å². The van der Waals surface area contributed by atoms with Gasteiger partial charge in [0.05, 0.1) is 19.3 Å². The number of rotatable bonds is 3. The maximum Gasteiger partial charge on any atom is 0.320 e. The van der Waals surface area contributed by atoms with Gasteiger partial charge in [-0.05, 0) is 36.2 Å². The Hall–Kier alpha value is -1.66. The standard InChI is InChI=1S/C19H27NO4Si/c1-19(2,3)25(5,6)24-16-14-11-12-9-7-8-10-13(12)20(14)17(21)15(16)18(22)23-4/h7-10,14-16H,11H2,1-6H3/t14-,15+,16-/m0/s1. The van der Waals surface area contributed by atoms with Crippen molar-refractivity contribution >= 4 is 25.9 Å². The molecule has 1 aromatic carbocycles. The number of methoxy groups -OCH3 is 1. The minimum atomic E-state index is -2.15. The van der Waals surface area contributed by atoms with Gasteiger partial charge in [-0.3, -0.25) is 9.59 Å². The summed E-state index contributed by atoms with van der Waals surface area (Å²) in [5.41, 5.74) is 2.03. The van der Waals surface area contributed by atoms with Gasteiger partial charge in [-0.1, -0.05) is 39.0 Å². The lowest BCUT2D eigenvalue weighted by atomic mass is 9.97. The van der Waals surface area contributed by atoms with E-state index in [4.69, 9.17) is 9.16 Å². The zero-order valence-corrected chi connectivity index (χ0v) is 16.8. The highest BCUT2D eigenvalue weighted by Gasteiger charge is 2.58. The predicted octanol–water partition coefficient (Wildman–Crippen LogP) is 3.14. The van der Waals surface area contributed by atoms with Gasteiger partial charge in [0.1, 0.15) is 0 Å². The highest BCUT2D eigenvalue weighted by molar-refractivity contribution is 6.74. The first-order valence-electron chi connectivity index (χ1n) is 8.75. The molecule has 6 heteroatoms. The van der Waals surface area contributed by atoms with E-state index in [1.807, 2.05) is 24.3 Å². The average molecular weight is 362 g/mol. The normalized spacial score (nSPS) is 25.8. The number of benzene rings is 1. The number of amides is 1. The third-order valence-corrected chi connectivity index (χ3v) is 10.4. The average Bonchev–Trinajstić information content (AvgIpc) is 3.02. The first kappa shape index (κ1) is 18.1. The smallest absolute Gasteiger partial charge is 0.320 e. The van der Waals surface area contributed by atoms with Crippen molar-refractivity contribution in [3.05, 3.63) is 29.8 Å². The number of hydrogen-bond acceptors (Lipinski definition) is 4. The van der Waals surface area contributed by atoms with Crippen molar-refractivity contribution in [3.8, 4) is 0 Å². The van der Waals surface area contributed by atoms with Crippen LogP contribution in [0.15, 0.2) is 24.3 Å². The van der Waals surface area contributed by atoms with E-state index in [-0.39, 0.29) is 17.0 Å². The minimum absolute atomic E-state index is 0.00437. The molecule has 0 saturated carbocycles. The van der Waals surface area contributed by atoms with Gasteiger partial charge in [0, 0.05) is 5.69 Å². The lowest BCUT2D eigenvalue weighted by Gasteiger charge is -2.40. The molecular formula is C19H27NO4Si. The Labute approximate surface area is 150 Å². The van der Waals surface area contributed by atoms with E-state index in [0.717, 1.165) is 11.3 Å². The summed E-state index contributed by atoms with van der Waals surface area (Å²) in [5, 5.41) is -0.00437. The number of esters is 1. The van der Waals surface area contributed by atoms with E-state index in [2.05, 4.69) is 33.9 Å². The predicted molar refractivity (Wildman–Crippen MR) is 99.0 cm³/mol. The zero-order chi connectivity index (χ0) is 18.6. The van der Waals surface area contributed by atoms with Crippen molar-refractivity contribution in [1.29, 1.82) is 0 Å². The van der Waals surface area contributed by atoms with E-state index in [9.17, 15) is 9.59 Å². The number of para-hydroxylation sites is 1. The van der Waals surface area contributed by atoms with Crippen molar-refractivity contribution in [1.82, 2.24) is 0 Å². The number of ether oxygens (including phenoxy) is 1. The van der Waals surface area contributed by atoms with Gasteiger partial charge in [-0.2, -0.15) is 0 Å². The number of nitrogens with zero attached hydrogens (tertiary/aromatic N) is 1. The summed E-state index contributed by atoms with van der Waals surface area (Å²) in [4.78, 5) is 27.2. The molecule has 0 unspecified atom stereocenters. The van der Waals surface area contributed by atoms with Gasteiger partial charge in [-0.25, -0.2) is 0 Å². The van der Waals surface area contributed by atoms with E-state index in [1.165, 1.54) is 7.11 Å². The van der Waals surface area contributed by atoms with Crippen LogP contribution in [-0.4, -0.2) is 39.4 Å². The SMILES string of the molecule is COC(=O)[C@H]1C(=O)N2c3ccccc3C[C@H]2[C@@H]1O[Si](C)(C)C(C)(C)C. The van der Waals surface area contributed by atoms with Crippen LogP contribution in [0.25, 0.3) is 0 Å². The van der Waals surface area contributed by atoms with Gasteiger partial charge >= 0.3 is 5.97 Å². The molecule has 2 heterocycles. The topological polar surface area (TPSA) is 55.8 Å². The Bertz CT molecular complexity index is 710. The number of hydrogen-bond donors (Lipinski definition) is 0. The van der Waals surface area contributed by atoms with E-state index < -0.39 is 26.3 Å². The molecule has 0 aliphatic carbocycles. The lowest BCUT2D eigenvalue weighted by molar-refractivity contribution is -0.151. The van der Waals surface area contributed by atoms with Gasteiger partial charge < -0.3 is 14.1 Å². The summed E-state index contributed by atoms with van der Waals surface area (Å²) >= 11 is 0. The van der Waals surface area contributed by atoms with E-state index in [1.54, 1.807) is 4.90 Å². The molecule has 0 spiro atoms. The van der Waals surface area contributed by atoms with Gasteiger partial charge in [0.15, 0.2) is 14.2 Å². The number of carbonyl (C=O) groups is 2. The van der Waals surface area contributed by atoms with Crippen molar-refractivity contribution in [2.45, 2.75) is 57.5 Å². The molecule has 1 amide bonds. The lowest BCUT2D eigenvalue weighted by Crippen LogP contribution is -2.49. The summed E-state index contributed by atoms with van der Waals surface area (Å²) in [6, 6.07) is 7.74. The molecule has 3 atom stereocenters. The molecule has 25 heavy (non-hydrogen) atoms. The second kappa shape index (κ2) is 5.95. The van der Waals surface area contributed by atoms with E-state index >= 15 is 0 Å². The Balaban J connectivity index is 2.00. The quantitative estimate of drug-likeness (QED) is 0.471. The molecule has 2 aliphatic heterocycles. The third-order valence-electron chi connectivity index (χ3n) is 5.92. The summed E-state index contributed by atoms with van der Waals surface area (Å²) in [6.07, 6.45) is 0.252. The molecule has 136 valence electrons. The van der Waals surface area contributed by atoms with Crippen LogP contribution in [0, 0.1) is 5.92 Å². The second-order valence-corrected chi connectivity index (χ2v) is 13.2. The van der Waals surface area contributed by atoms with Crippen LogP contribution >= 0.6 is 0 Å². The van der Waals surface area contributed by atoms with Crippen LogP contribution in [0.5, 0.6) is 0 Å². The number of anilines is 1. The van der Waals surface area contributed by atoms with Crippen LogP contribution < -0.4 is 4.90 Å². The second-order valence-electron chi connectivity index (χ2n) is 8.45. The first-order chi connectivity index (χ1) is 11.6. The number of fused-ring (bicyclic) bond motifs is 3. The Morgan fingerprint density at radius 1 is 1.24 bits per heavy atom. The van der Waals surface area contributed by atoms with Crippen molar-refractivity contribution in [3.63, 3.8) is 0 Å². The van der Waals surface area contributed by atoms with Crippen LogP contribution in [-0.2, 0) is 25.2 Å². The molecule has 1 aromatic rings. The van der Waals surface area contributed by atoms with Crippen molar-refractivity contribution < 1.29 is 18.8 Å². The molecule has 1 fully saturated rings. The van der Waals surface area contributed by atoms with Gasteiger partial charge in [0.25, 0.3) is 0 Å². The van der Waals surface area contributed by atoms with Crippen LogP contribution in [0.2, 0.25) is 18.1 Å². The molecular weight excluding hydrogens is 334 g/mol. The molecule has 0 N–H and O–H groups in total.